The highest BCUT2D eigenvalue weighted by Gasteiger charge is 2.38. The number of β-amino-alcohol motifs (C(OH)–C–C–N with tert-alkyl or cyclic N) is 2. The standard InChI is InChI=1S/C21H23ClN8O3.C2HF3O2/c1-11(26-20(33)17-18(23)27-30-4-2-3-25-19(17)30)14-6-15(22)16-7-24-10-29(16)21(14)28-8-12(31)5-13(32)9-28;3-2(4,5)1(6)7/h2-4,6-7,10-13,31-32H,5,8-9H2,1H3,(H2,23,27)(H,26,33);(H,6,7)/t11?,12-,13+;. The van der Waals surface area contributed by atoms with Crippen LogP contribution in [0.1, 0.15) is 35.3 Å². The van der Waals surface area contributed by atoms with E-state index in [9.17, 15) is 28.2 Å². The quantitative estimate of drug-likeness (QED) is 0.236. The molecule has 0 aliphatic carbocycles. The number of halogens is 4. The molecule has 1 saturated heterocycles. The Bertz CT molecular complexity index is 1550. The van der Waals surface area contributed by atoms with Crippen molar-refractivity contribution in [3.63, 3.8) is 0 Å². The fourth-order valence-electron chi connectivity index (χ4n) is 4.40. The molecule has 13 nitrogen and oxygen atoms in total. The number of carbonyl (C=O) groups excluding carboxylic acids is 1. The van der Waals surface area contributed by atoms with Gasteiger partial charge in [-0.1, -0.05) is 11.6 Å². The second-order valence-electron chi connectivity index (χ2n) is 9.01. The number of aliphatic hydroxyl groups excluding tert-OH is 2. The zero-order chi connectivity index (χ0) is 29.4. The lowest BCUT2D eigenvalue weighted by molar-refractivity contribution is -0.192. The van der Waals surface area contributed by atoms with Gasteiger partial charge in [0.15, 0.2) is 11.5 Å². The number of hydrogen-bond donors (Lipinski definition) is 5. The molecule has 4 aromatic heterocycles. The summed E-state index contributed by atoms with van der Waals surface area (Å²) in [6.07, 6.45) is 0.331. The molecule has 6 N–H and O–H groups in total. The maximum Gasteiger partial charge on any atom is 0.490 e. The zero-order valence-corrected chi connectivity index (χ0v) is 21.5. The highest BCUT2D eigenvalue weighted by molar-refractivity contribution is 6.34. The number of carboxylic acid groups (broad SMARTS) is 1. The minimum atomic E-state index is -5.08. The van der Waals surface area contributed by atoms with Crippen LogP contribution in [0, 0.1) is 0 Å². The molecule has 40 heavy (non-hydrogen) atoms. The van der Waals surface area contributed by atoms with Crippen LogP contribution in [0.15, 0.2) is 37.1 Å². The molecule has 5 heterocycles. The van der Waals surface area contributed by atoms with Crippen molar-refractivity contribution in [3.8, 4) is 0 Å². The van der Waals surface area contributed by atoms with Crippen LogP contribution in [-0.2, 0) is 4.79 Å². The summed E-state index contributed by atoms with van der Waals surface area (Å²) < 4.78 is 35.0. The number of nitrogens with two attached hydrogens (primary N) is 1. The largest absolute Gasteiger partial charge is 0.490 e. The van der Waals surface area contributed by atoms with Crippen LogP contribution in [-0.4, -0.2) is 82.7 Å². The van der Waals surface area contributed by atoms with Gasteiger partial charge >= 0.3 is 12.1 Å². The number of carboxylic acids is 1. The topological polar surface area (TPSA) is 184 Å². The van der Waals surface area contributed by atoms with Gasteiger partial charge in [0.1, 0.15) is 17.7 Å². The summed E-state index contributed by atoms with van der Waals surface area (Å²) >= 11 is 6.52. The minimum Gasteiger partial charge on any atom is -0.475 e. The zero-order valence-electron chi connectivity index (χ0n) is 20.7. The number of hydrogen-bond acceptors (Lipinski definition) is 9. The van der Waals surface area contributed by atoms with Gasteiger partial charge < -0.3 is 31.3 Å². The Morgan fingerprint density at radius 1 is 1.25 bits per heavy atom. The first-order chi connectivity index (χ1) is 18.8. The Labute approximate surface area is 228 Å². The maximum atomic E-state index is 13.2. The molecule has 214 valence electrons. The van der Waals surface area contributed by atoms with Gasteiger partial charge in [-0.05, 0) is 19.1 Å². The van der Waals surface area contributed by atoms with E-state index in [1.54, 1.807) is 41.5 Å². The van der Waals surface area contributed by atoms with Gasteiger partial charge in [0.05, 0.1) is 35.0 Å². The van der Waals surface area contributed by atoms with Crippen LogP contribution >= 0.6 is 11.6 Å². The number of rotatable bonds is 4. The molecule has 0 radical (unpaired) electrons. The summed E-state index contributed by atoms with van der Waals surface area (Å²) in [6.45, 7) is 2.47. The Morgan fingerprint density at radius 2 is 1.90 bits per heavy atom. The molecule has 1 aliphatic heterocycles. The molecule has 0 bridgehead atoms. The Hall–Kier alpha value is -4.15. The molecule has 1 unspecified atom stereocenters. The summed E-state index contributed by atoms with van der Waals surface area (Å²) in [5.41, 5.74) is 7.91. The van der Waals surface area contributed by atoms with E-state index in [-0.39, 0.29) is 11.4 Å². The van der Waals surface area contributed by atoms with Gasteiger partial charge in [-0.3, -0.25) is 9.20 Å². The van der Waals surface area contributed by atoms with Crippen LogP contribution in [0.3, 0.4) is 0 Å². The summed E-state index contributed by atoms with van der Waals surface area (Å²) in [4.78, 5) is 32.4. The predicted molar refractivity (Wildman–Crippen MR) is 136 cm³/mol. The van der Waals surface area contributed by atoms with Crippen molar-refractivity contribution >= 4 is 46.3 Å². The van der Waals surface area contributed by atoms with Crippen molar-refractivity contribution in [2.45, 2.75) is 37.8 Å². The van der Waals surface area contributed by atoms with E-state index in [2.05, 4.69) is 20.4 Å². The van der Waals surface area contributed by atoms with E-state index in [1.807, 2.05) is 11.8 Å². The number of anilines is 2. The predicted octanol–water partition coefficient (Wildman–Crippen LogP) is 1.67. The SMILES string of the molecule is CC(NC(=O)c1c(N)nn2cccnc12)c1cc(Cl)c2cncn2c1N1C[C@H](O)C[C@H](O)C1.O=C(O)C(F)(F)F. The molecular formula is C23H24ClF3N8O5. The molecular weight excluding hydrogens is 561 g/mol. The van der Waals surface area contributed by atoms with Crippen molar-refractivity contribution in [3.05, 3.63) is 53.2 Å². The average molecular weight is 585 g/mol. The number of nitrogen functional groups attached to an aromatic ring is 1. The molecule has 0 aromatic carbocycles. The number of alkyl halides is 3. The Kier molecular flexibility index (Phi) is 8.04. The van der Waals surface area contributed by atoms with E-state index in [0.717, 1.165) is 0 Å². The number of aliphatic hydroxyl groups is 2. The van der Waals surface area contributed by atoms with E-state index < -0.39 is 36.3 Å². The lowest BCUT2D eigenvalue weighted by Gasteiger charge is -2.37. The fraction of sp³-hybridized carbons (Fsp3) is 0.348. The van der Waals surface area contributed by atoms with Crippen molar-refractivity contribution in [1.82, 2.24) is 29.3 Å². The van der Waals surface area contributed by atoms with Crippen molar-refractivity contribution < 1.29 is 38.1 Å². The average Bonchev–Trinajstić information content (AvgIpc) is 3.47. The van der Waals surface area contributed by atoms with Crippen LogP contribution in [0.25, 0.3) is 11.2 Å². The van der Waals surface area contributed by atoms with Crippen LogP contribution in [0.5, 0.6) is 0 Å². The molecule has 4 aromatic rings. The number of piperidine rings is 1. The molecule has 1 aliphatic rings. The molecule has 3 atom stereocenters. The first-order valence-electron chi connectivity index (χ1n) is 11.7. The van der Waals surface area contributed by atoms with Crippen molar-refractivity contribution in [1.29, 1.82) is 0 Å². The van der Waals surface area contributed by atoms with E-state index >= 15 is 0 Å². The normalized spacial score (nSPS) is 18.3. The van der Waals surface area contributed by atoms with Gasteiger partial charge in [-0.25, -0.2) is 19.3 Å². The molecule has 1 amide bonds. The third-order valence-electron chi connectivity index (χ3n) is 6.06. The first kappa shape index (κ1) is 28.8. The second kappa shape index (κ2) is 11.1. The van der Waals surface area contributed by atoms with Gasteiger partial charge in [-0.2, -0.15) is 13.2 Å². The third-order valence-corrected chi connectivity index (χ3v) is 6.37. The minimum absolute atomic E-state index is 0.0731. The number of amides is 1. The highest BCUT2D eigenvalue weighted by atomic mass is 35.5. The highest BCUT2D eigenvalue weighted by Crippen LogP contribution is 2.34. The van der Waals surface area contributed by atoms with Crippen molar-refractivity contribution in [2.75, 3.05) is 23.7 Å². The number of aromatic nitrogens is 5. The number of fused-ring (bicyclic) bond motifs is 2. The Morgan fingerprint density at radius 3 is 2.52 bits per heavy atom. The smallest absolute Gasteiger partial charge is 0.475 e. The van der Waals surface area contributed by atoms with Crippen LogP contribution in [0.2, 0.25) is 5.02 Å². The maximum absolute atomic E-state index is 13.2. The molecule has 0 spiro atoms. The number of nitrogens with one attached hydrogen (secondary N) is 1. The van der Waals surface area contributed by atoms with Crippen LogP contribution in [0.4, 0.5) is 24.8 Å². The molecule has 17 heteroatoms. The monoisotopic (exact) mass is 584 g/mol. The first-order valence-corrected chi connectivity index (χ1v) is 12.1. The number of aliphatic carboxylic acids is 1. The lowest BCUT2D eigenvalue weighted by atomic mass is 10.0. The number of nitrogens with zero attached hydrogens (tertiary/aromatic N) is 6. The van der Waals surface area contributed by atoms with E-state index in [4.69, 9.17) is 27.2 Å². The second-order valence-corrected chi connectivity index (χ2v) is 9.42. The third kappa shape index (κ3) is 5.88. The summed E-state index contributed by atoms with van der Waals surface area (Å²) in [6, 6.07) is 2.95. The summed E-state index contributed by atoms with van der Waals surface area (Å²) in [7, 11) is 0. The number of carbonyl (C=O) groups is 2. The van der Waals surface area contributed by atoms with E-state index in [0.29, 0.717) is 47.1 Å². The molecule has 0 saturated carbocycles. The van der Waals surface area contributed by atoms with Gasteiger partial charge in [0.2, 0.25) is 0 Å². The van der Waals surface area contributed by atoms with E-state index in [1.165, 1.54) is 4.52 Å². The summed E-state index contributed by atoms with van der Waals surface area (Å²) in [5, 5.41) is 35.2. The van der Waals surface area contributed by atoms with Gasteiger partial charge in [0.25, 0.3) is 5.91 Å². The molecule has 1 fully saturated rings. The Balaban J connectivity index is 0.000000470. The van der Waals surface area contributed by atoms with Gasteiger partial charge in [-0.15, -0.1) is 5.10 Å². The van der Waals surface area contributed by atoms with Crippen molar-refractivity contribution in [2.24, 2.45) is 0 Å². The lowest BCUT2D eigenvalue weighted by Crippen LogP contribution is -2.47. The van der Waals surface area contributed by atoms with Crippen LogP contribution < -0.4 is 16.0 Å². The summed E-state index contributed by atoms with van der Waals surface area (Å²) in [5.74, 6) is -2.43. The number of imidazole rings is 1. The fourth-order valence-corrected chi connectivity index (χ4v) is 4.65. The molecule has 5 rings (SSSR count). The van der Waals surface area contributed by atoms with Gasteiger partial charge in [0, 0.05) is 37.5 Å². The number of pyridine rings is 1.